The third kappa shape index (κ3) is 3.05. The maximum Gasteiger partial charge on any atom is 0.269 e. The number of allylic oxidation sites excluding steroid dienone is 1. The van der Waals surface area contributed by atoms with E-state index in [9.17, 15) is 10.1 Å². The minimum absolute atomic E-state index is 0.00783. The molecule has 5 heteroatoms. The molecular weight excluding hydrogens is 228 g/mol. The van der Waals surface area contributed by atoms with Crippen LogP contribution in [-0.2, 0) is 0 Å². The van der Waals surface area contributed by atoms with Gasteiger partial charge >= 0.3 is 0 Å². The van der Waals surface area contributed by atoms with Gasteiger partial charge in [-0.25, -0.2) is 0 Å². The van der Waals surface area contributed by atoms with Crippen molar-refractivity contribution >= 4 is 17.3 Å². The van der Waals surface area contributed by atoms with Gasteiger partial charge in [0.1, 0.15) is 0 Å². The lowest BCUT2D eigenvalue weighted by molar-refractivity contribution is -0.384. The number of nitro benzene ring substituents is 1. The van der Waals surface area contributed by atoms with Crippen LogP contribution in [0.25, 0.3) is 0 Å². The summed E-state index contributed by atoms with van der Waals surface area (Å²) in [5.74, 6) is 0. The molecule has 1 aromatic carbocycles. The molecule has 86 valence electrons. The summed E-state index contributed by atoms with van der Waals surface area (Å²) in [4.78, 5) is 10.1. The quantitative estimate of drug-likeness (QED) is 0.488. The first kappa shape index (κ1) is 12.7. The summed E-state index contributed by atoms with van der Waals surface area (Å²) in [6.45, 7) is 3.60. The summed E-state index contributed by atoms with van der Waals surface area (Å²) in [7, 11) is 0. The third-order valence-corrected chi connectivity index (χ3v) is 2.62. The van der Waals surface area contributed by atoms with Crippen molar-refractivity contribution in [3.05, 3.63) is 51.6 Å². The van der Waals surface area contributed by atoms with Crippen LogP contribution >= 0.6 is 11.6 Å². The van der Waals surface area contributed by atoms with Crippen LogP contribution in [-0.4, -0.2) is 4.92 Å². The van der Waals surface area contributed by atoms with Gasteiger partial charge in [0.15, 0.2) is 0 Å². The molecule has 0 aliphatic heterocycles. The molecule has 0 unspecified atom stereocenters. The van der Waals surface area contributed by atoms with Gasteiger partial charge in [-0.15, -0.1) is 6.58 Å². The first-order chi connectivity index (χ1) is 7.56. The average molecular weight is 241 g/mol. The average Bonchev–Trinajstić information content (AvgIpc) is 2.26. The van der Waals surface area contributed by atoms with Crippen LogP contribution in [0.4, 0.5) is 5.69 Å². The van der Waals surface area contributed by atoms with Gasteiger partial charge in [0.05, 0.1) is 4.92 Å². The lowest BCUT2D eigenvalue weighted by Crippen LogP contribution is -2.10. The summed E-state index contributed by atoms with van der Waals surface area (Å²) in [5.41, 5.74) is 6.51. The summed E-state index contributed by atoms with van der Waals surface area (Å²) in [5, 5.41) is 11.1. The topological polar surface area (TPSA) is 69.2 Å². The van der Waals surface area contributed by atoms with E-state index < -0.39 is 4.92 Å². The Morgan fingerprint density at radius 2 is 2.31 bits per heavy atom. The Morgan fingerprint density at radius 3 is 2.88 bits per heavy atom. The smallest absolute Gasteiger partial charge is 0.269 e. The van der Waals surface area contributed by atoms with Crippen molar-refractivity contribution in [2.45, 2.75) is 18.9 Å². The molecule has 0 saturated carbocycles. The molecule has 16 heavy (non-hydrogen) atoms. The second kappa shape index (κ2) is 5.63. The Bertz CT molecular complexity index is 407. The van der Waals surface area contributed by atoms with E-state index in [-0.39, 0.29) is 11.7 Å². The van der Waals surface area contributed by atoms with Gasteiger partial charge in [-0.05, 0) is 24.5 Å². The molecule has 0 spiro atoms. The molecule has 1 rings (SSSR count). The molecule has 0 saturated heterocycles. The normalized spacial score (nSPS) is 12.1. The van der Waals surface area contributed by atoms with Crippen LogP contribution in [0.3, 0.4) is 0 Å². The second-order valence-electron chi connectivity index (χ2n) is 3.44. The summed E-state index contributed by atoms with van der Waals surface area (Å²) in [6.07, 6.45) is 3.18. The van der Waals surface area contributed by atoms with Gasteiger partial charge in [-0.2, -0.15) is 0 Å². The molecule has 4 nitrogen and oxygen atoms in total. The Hall–Kier alpha value is -1.39. The lowest BCUT2D eigenvalue weighted by atomic mass is 10.0. The van der Waals surface area contributed by atoms with E-state index in [0.29, 0.717) is 17.0 Å². The van der Waals surface area contributed by atoms with Gasteiger partial charge in [-0.1, -0.05) is 17.7 Å². The molecule has 0 radical (unpaired) electrons. The molecule has 1 atom stereocenters. The fraction of sp³-hybridized carbons (Fsp3) is 0.273. The van der Waals surface area contributed by atoms with Gasteiger partial charge in [-0.3, -0.25) is 10.1 Å². The first-order valence-electron chi connectivity index (χ1n) is 4.86. The highest BCUT2D eigenvalue weighted by Gasteiger charge is 2.14. The largest absolute Gasteiger partial charge is 0.324 e. The molecular formula is C11H13ClN2O2. The van der Waals surface area contributed by atoms with Crippen LogP contribution in [0, 0.1) is 10.1 Å². The second-order valence-corrected chi connectivity index (χ2v) is 3.84. The molecule has 0 fully saturated rings. The van der Waals surface area contributed by atoms with Crippen molar-refractivity contribution in [3.8, 4) is 0 Å². The van der Waals surface area contributed by atoms with Crippen molar-refractivity contribution in [3.63, 3.8) is 0 Å². The summed E-state index contributed by atoms with van der Waals surface area (Å²) in [6, 6.07) is 4.00. The molecule has 0 heterocycles. The highest BCUT2D eigenvalue weighted by Crippen LogP contribution is 2.28. The van der Waals surface area contributed by atoms with E-state index >= 15 is 0 Å². The van der Waals surface area contributed by atoms with Gasteiger partial charge < -0.3 is 5.73 Å². The number of nitrogens with zero attached hydrogens (tertiary/aromatic N) is 1. The molecule has 0 aliphatic carbocycles. The molecule has 0 bridgehead atoms. The van der Waals surface area contributed by atoms with Crippen LogP contribution in [0.2, 0.25) is 5.02 Å². The van der Waals surface area contributed by atoms with E-state index in [4.69, 9.17) is 17.3 Å². The van der Waals surface area contributed by atoms with Gasteiger partial charge in [0.25, 0.3) is 5.69 Å². The predicted molar refractivity (Wildman–Crippen MR) is 64.5 cm³/mol. The fourth-order valence-corrected chi connectivity index (χ4v) is 1.64. The Labute approximate surface area is 98.9 Å². The fourth-order valence-electron chi connectivity index (χ4n) is 1.38. The van der Waals surface area contributed by atoms with Crippen LogP contribution in [0.15, 0.2) is 30.9 Å². The number of hydrogen-bond acceptors (Lipinski definition) is 3. The Balaban J connectivity index is 2.96. The highest BCUT2D eigenvalue weighted by atomic mass is 35.5. The Morgan fingerprint density at radius 1 is 1.62 bits per heavy atom. The van der Waals surface area contributed by atoms with Crippen molar-refractivity contribution < 1.29 is 4.92 Å². The molecule has 0 aromatic heterocycles. The number of hydrogen-bond donors (Lipinski definition) is 1. The number of nitrogens with two attached hydrogens (primary N) is 1. The highest BCUT2D eigenvalue weighted by molar-refractivity contribution is 6.31. The maximum atomic E-state index is 10.6. The Kier molecular flexibility index (Phi) is 4.46. The standard InChI is InChI=1S/C11H13ClN2O2/c1-2-3-4-11(13)9-7-8(14(15)16)5-6-10(9)12/h2,5-7,11H,1,3-4,13H2/t11-/m0/s1. The summed E-state index contributed by atoms with van der Waals surface area (Å²) < 4.78 is 0. The maximum absolute atomic E-state index is 10.6. The van der Waals surface area contributed by atoms with E-state index in [1.807, 2.05) is 0 Å². The lowest BCUT2D eigenvalue weighted by Gasteiger charge is -2.12. The van der Waals surface area contributed by atoms with Gasteiger partial charge in [0.2, 0.25) is 0 Å². The molecule has 0 amide bonds. The van der Waals surface area contributed by atoms with Crippen LogP contribution in [0.1, 0.15) is 24.4 Å². The van der Waals surface area contributed by atoms with E-state index in [1.54, 1.807) is 6.08 Å². The van der Waals surface area contributed by atoms with Crippen LogP contribution < -0.4 is 5.73 Å². The van der Waals surface area contributed by atoms with Gasteiger partial charge in [0, 0.05) is 23.2 Å². The molecule has 1 aromatic rings. The SMILES string of the molecule is C=CCC[C@H](N)c1cc([N+](=O)[O-])ccc1Cl. The number of benzene rings is 1. The summed E-state index contributed by atoms with van der Waals surface area (Å²) >= 11 is 5.95. The number of nitro groups is 1. The van der Waals surface area contributed by atoms with E-state index in [1.165, 1.54) is 18.2 Å². The minimum Gasteiger partial charge on any atom is -0.324 e. The number of halogens is 1. The third-order valence-electron chi connectivity index (χ3n) is 2.27. The monoisotopic (exact) mass is 240 g/mol. The minimum atomic E-state index is -0.458. The van der Waals surface area contributed by atoms with Crippen molar-refractivity contribution in [2.75, 3.05) is 0 Å². The molecule has 0 aliphatic rings. The van der Waals surface area contributed by atoms with Crippen molar-refractivity contribution in [1.29, 1.82) is 0 Å². The zero-order chi connectivity index (χ0) is 12.1. The molecule has 2 N–H and O–H groups in total. The zero-order valence-corrected chi connectivity index (χ0v) is 9.48. The number of rotatable bonds is 5. The predicted octanol–water partition coefficient (Wildman–Crippen LogP) is 3.21. The van der Waals surface area contributed by atoms with Crippen molar-refractivity contribution in [2.24, 2.45) is 5.73 Å². The zero-order valence-electron chi connectivity index (χ0n) is 8.73. The van der Waals surface area contributed by atoms with Crippen LogP contribution in [0.5, 0.6) is 0 Å². The van der Waals surface area contributed by atoms with E-state index in [0.717, 1.165) is 6.42 Å². The number of non-ortho nitro benzene ring substituents is 1. The van der Waals surface area contributed by atoms with E-state index in [2.05, 4.69) is 6.58 Å². The van der Waals surface area contributed by atoms with Crippen molar-refractivity contribution in [1.82, 2.24) is 0 Å². The first-order valence-corrected chi connectivity index (χ1v) is 5.24.